The van der Waals surface area contributed by atoms with Crippen LogP contribution in [0.3, 0.4) is 0 Å². The fourth-order valence-electron chi connectivity index (χ4n) is 3.64. The van der Waals surface area contributed by atoms with Crippen molar-refractivity contribution >= 4 is 5.91 Å². The van der Waals surface area contributed by atoms with Crippen molar-refractivity contribution in [2.45, 2.75) is 25.8 Å². The fraction of sp³-hybridized carbons (Fsp3) is 0.444. The van der Waals surface area contributed by atoms with Crippen LogP contribution in [0.1, 0.15) is 29.1 Å². The molecule has 2 aromatic rings. The van der Waals surface area contributed by atoms with Gasteiger partial charge < -0.3 is 14.6 Å². The van der Waals surface area contributed by atoms with E-state index in [2.05, 4.69) is 15.2 Å². The molecule has 1 aromatic carbocycles. The van der Waals surface area contributed by atoms with Crippen molar-refractivity contribution < 1.29 is 9.21 Å². The van der Waals surface area contributed by atoms with Crippen molar-refractivity contribution in [1.29, 1.82) is 0 Å². The van der Waals surface area contributed by atoms with Gasteiger partial charge in [-0.05, 0) is 32.2 Å². The van der Waals surface area contributed by atoms with E-state index in [4.69, 9.17) is 4.42 Å². The number of amides is 1. The van der Waals surface area contributed by atoms with Gasteiger partial charge in [0, 0.05) is 24.7 Å². The third-order valence-corrected chi connectivity index (χ3v) is 4.84. The van der Waals surface area contributed by atoms with E-state index in [0.717, 1.165) is 31.0 Å². The SMILES string of the molecule is Cc1ccc(-c2cnc(C(=O)N[C@@H]3C[C@H]4CCN(C4)C3)o2)cc1. The smallest absolute Gasteiger partial charge is 0.307 e. The third-order valence-electron chi connectivity index (χ3n) is 4.84. The number of piperidine rings is 1. The molecule has 3 atom stereocenters. The van der Waals surface area contributed by atoms with Gasteiger partial charge in [0.2, 0.25) is 0 Å². The monoisotopic (exact) mass is 311 g/mol. The minimum absolute atomic E-state index is 0.147. The standard InChI is InChI=1S/C18H21N3O2/c1-12-2-4-14(5-3-12)16-9-19-18(23-16)17(22)20-15-8-13-6-7-21(10-13)11-15/h2-5,9,13,15H,6-8,10-11H2,1H3,(H,20,22)/t13-,15-/m1/s1. The predicted molar refractivity (Wildman–Crippen MR) is 87.1 cm³/mol. The number of aryl methyl sites for hydroxylation is 1. The van der Waals surface area contributed by atoms with Gasteiger partial charge in [0.25, 0.3) is 5.89 Å². The summed E-state index contributed by atoms with van der Waals surface area (Å²) in [6.07, 6.45) is 3.93. The van der Waals surface area contributed by atoms with Crippen LogP contribution in [0, 0.1) is 12.8 Å². The summed E-state index contributed by atoms with van der Waals surface area (Å²) in [5, 5.41) is 3.07. The minimum atomic E-state index is -0.212. The van der Waals surface area contributed by atoms with Crippen molar-refractivity contribution in [3.63, 3.8) is 0 Å². The summed E-state index contributed by atoms with van der Waals surface area (Å²) in [6, 6.07) is 8.19. The molecule has 4 rings (SSSR count). The number of fused-ring (bicyclic) bond motifs is 2. The van der Waals surface area contributed by atoms with E-state index in [-0.39, 0.29) is 17.8 Å². The molecule has 5 heteroatoms. The fourth-order valence-corrected chi connectivity index (χ4v) is 3.64. The van der Waals surface area contributed by atoms with Crippen molar-refractivity contribution in [2.75, 3.05) is 19.6 Å². The molecular weight excluding hydrogens is 290 g/mol. The molecule has 1 unspecified atom stereocenters. The summed E-state index contributed by atoms with van der Waals surface area (Å²) in [7, 11) is 0. The highest BCUT2D eigenvalue weighted by Crippen LogP contribution is 2.27. The van der Waals surface area contributed by atoms with Crippen molar-refractivity contribution in [3.05, 3.63) is 41.9 Å². The van der Waals surface area contributed by atoms with Gasteiger partial charge >= 0.3 is 5.91 Å². The Kier molecular flexibility index (Phi) is 3.65. The number of hydrogen-bond acceptors (Lipinski definition) is 4. The molecule has 1 aromatic heterocycles. The van der Waals surface area contributed by atoms with E-state index < -0.39 is 0 Å². The van der Waals surface area contributed by atoms with Crippen LogP contribution >= 0.6 is 0 Å². The zero-order valence-corrected chi connectivity index (χ0v) is 13.3. The van der Waals surface area contributed by atoms with Crippen LogP contribution in [0.15, 0.2) is 34.9 Å². The number of nitrogens with one attached hydrogen (secondary N) is 1. The van der Waals surface area contributed by atoms with Crippen LogP contribution in [0.5, 0.6) is 0 Å². The second-order valence-corrected chi connectivity index (χ2v) is 6.72. The van der Waals surface area contributed by atoms with Gasteiger partial charge in [-0.25, -0.2) is 4.98 Å². The Hall–Kier alpha value is -2.14. The lowest BCUT2D eigenvalue weighted by atomic mass is 9.97. The van der Waals surface area contributed by atoms with E-state index in [1.807, 2.05) is 31.2 Å². The van der Waals surface area contributed by atoms with Gasteiger partial charge in [-0.2, -0.15) is 0 Å². The lowest BCUT2D eigenvalue weighted by Gasteiger charge is -2.30. The summed E-state index contributed by atoms with van der Waals surface area (Å²) in [5.74, 6) is 1.29. The van der Waals surface area contributed by atoms with Crippen LogP contribution < -0.4 is 5.32 Å². The quantitative estimate of drug-likeness (QED) is 0.946. The van der Waals surface area contributed by atoms with Crippen LogP contribution in [0.25, 0.3) is 11.3 Å². The van der Waals surface area contributed by atoms with Crippen molar-refractivity contribution in [2.24, 2.45) is 5.92 Å². The maximum Gasteiger partial charge on any atom is 0.307 e. The lowest BCUT2D eigenvalue weighted by molar-refractivity contribution is 0.0875. The summed E-state index contributed by atoms with van der Waals surface area (Å²) in [6.45, 7) is 5.32. The highest BCUT2D eigenvalue weighted by atomic mass is 16.4. The number of rotatable bonds is 3. The Balaban J connectivity index is 1.44. The van der Waals surface area contributed by atoms with Crippen LogP contribution in [0.2, 0.25) is 0 Å². The molecule has 1 N–H and O–H groups in total. The lowest BCUT2D eigenvalue weighted by Crippen LogP contribution is -2.47. The highest BCUT2D eigenvalue weighted by molar-refractivity contribution is 5.90. The molecule has 0 aliphatic carbocycles. The summed E-state index contributed by atoms with van der Waals surface area (Å²) in [5.41, 5.74) is 2.12. The summed E-state index contributed by atoms with van der Waals surface area (Å²) < 4.78 is 5.65. The van der Waals surface area contributed by atoms with Gasteiger partial charge in [-0.15, -0.1) is 0 Å². The van der Waals surface area contributed by atoms with E-state index in [1.54, 1.807) is 6.20 Å². The average Bonchev–Trinajstić information content (AvgIpc) is 3.15. The molecule has 2 aliphatic heterocycles. The average molecular weight is 311 g/mol. The second-order valence-electron chi connectivity index (χ2n) is 6.72. The molecule has 1 amide bonds. The van der Waals surface area contributed by atoms with Crippen LogP contribution in [-0.4, -0.2) is 41.5 Å². The Morgan fingerprint density at radius 1 is 1.30 bits per heavy atom. The van der Waals surface area contributed by atoms with Gasteiger partial charge in [0.15, 0.2) is 5.76 Å². The van der Waals surface area contributed by atoms with Gasteiger partial charge in [-0.3, -0.25) is 4.79 Å². The first-order valence-electron chi connectivity index (χ1n) is 8.23. The highest BCUT2D eigenvalue weighted by Gasteiger charge is 2.33. The first kappa shape index (κ1) is 14.5. The molecule has 0 spiro atoms. The predicted octanol–water partition coefficient (Wildman–Crippen LogP) is 2.47. The molecule has 23 heavy (non-hydrogen) atoms. The summed E-state index contributed by atoms with van der Waals surface area (Å²) in [4.78, 5) is 18.9. The first-order valence-corrected chi connectivity index (χ1v) is 8.23. The van der Waals surface area contributed by atoms with Gasteiger partial charge in [0.1, 0.15) is 0 Å². The maximum absolute atomic E-state index is 12.4. The number of carbonyl (C=O) groups is 1. The molecule has 2 aliphatic rings. The number of hydrogen-bond donors (Lipinski definition) is 1. The normalized spacial score (nSPS) is 26.2. The Morgan fingerprint density at radius 3 is 2.91 bits per heavy atom. The molecule has 5 nitrogen and oxygen atoms in total. The maximum atomic E-state index is 12.4. The molecule has 0 saturated carbocycles. The second kappa shape index (κ2) is 5.81. The Morgan fingerprint density at radius 2 is 2.13 bits per heavy atom. The molecule has 0 radical (unpaired) electrons. The van der Waals surface area contributed by atoms with Crippen molar-refractivity contribution in [1.82, 2.24) is 15.2 Å². The summed E-state index contributed by atoms with van der Waals surface area (Å²) >= 11 is 0. The van der Waals surface area contributed by atoms with E-state index in [9.17, 15) is 4.79 Å². The van der Waals surface area contributed by atoms with E-state index in [1.165, 1.54) is 18.5 Å². The molecule has 3 heterocycles. The molecule has 2 saturated heterocycles. The Labute approximate surface area is 135 Å². The van der Waals surface area contributed by atoms with E-state index in [0.29, 0.717) is 5.76 Å². The molecule has 2 bridgehead atoms. The molecule has 120 valence electrons. The Bertz CT molecular complexity index is 695. The first-order chi connectivity index (χ1) is 11.2. The number of carbonyl (C=O) groups excluding carboxylic acids is 1. The topological polar surface area (TPSA) is 58.4 Å². The zero-order chi connectivity index (χ0) is 15.8. The molecule has 2 fully saturated rings. The largest absolute Gasteiger partial charge is 0.432 e. The van der Waals surface area contributed by atoms with Gasteiger partial charge in [0.05, 0.1) is 6.20 Å². The van der Waals surface area contributed by atoms with Gasteiger partial charge in [-0.1, -0.05) is 29.8 Å². The number of oxazole rings is 1. The van der Waals surface area contributed by atoms with Crippen molar-refractivity contribution in [3.8, 4) is 11.3 Å². The minimum Gasteiger partial charge on any atom is -0.432 e. The zero-order valence-electron chi connectivity index (χ0n) is 13.3. The van der Waals surface area contributed by atoms with Crippen LogP contribution in [-0.2, 0) is 0 Å². The van der Waals surface area contributed by atoms with Crippen LogP contribution in [0.4, 0.5) is 0 Å². The number of nitrogens with zero attached hydrogens (tertiary/aromatic N) is 2. The molecular formula is C18H21N3O2. The number of benzene rings is 1. The number of aromatic nitrogens is 1. The third kappa shape index (κ3) is 3.01. The van der Waals surface area contributed by atoms with E-state index >= 15 is 0 Å².